The standard InChI is InChI=1S/C38H59NO7S2/c1-5-6-7-8-9-10-11-12-13-14-15-16-17-18-19-20-21-24-33(42)45-31-37(2,3)35(36(44)39-29-26-32(40)41)46-34(43)25-22-23-27-38(4)28-30-47-48-38/h6-7,9-10,12-13,15-16,18-19,35H,5,8,11,14,17,20-31H2,1-4H3,(H,39,44)(H,40,41)/b7-6-,10-9-,13-12-,16-15-,19-18-/t35?,38-/m1/s1. The second kappa shape index (κ2) is 26.2. The average Bonchev–Trinajstić information content (AvgIpc) is 3.48. The molecule has 8 nitrogen and oxygen atoms in total. The molecule has 1 rings (SSSR count). The number of carboxylic acids is 1. The minimum Gasteiger partial charge on any atom is -0.481 e. The van der Waals surface area contributed by atoms with Crippen molar-refractivity contribution >= 4 is 45.4 Å². The smallest absolute Gasteiger partial charge is 0.306 e. The van der Waals surface area contributed by atoms with Crippen LogP contribution in [-0.4, -0.2) is 58.7 Å². The van der Waals surface area contributed by atoms with Gasteiger partial charge in [0.05, 0.1) is 6.42 Å². The average molecular weight is 706 g/mol. The highest BCUT2D eigenvalue weighted by atomic mass is 33.1. The SMILES string of the molecule is CC/C=C\C/C=C\C/C=C\C/C=C\C/C=C\CCCC(=O)OCC(C)(C)C(OC(=O)CCCC[C@]1(C)CCSS1)C(=O)NCCC(=O)O. The summed E-state index contributed by atoms with van der Waals surface area (Å²) in [6.07, 6.45) is 30.2. The van der Waals surface area contributed by atoms with Crippen LogP contribution in [0.5, 0.6) is 0 Å². The summed E-state index contributed by atoms with van der Waals surface area (Å²) < 4.78 is 11.4. The number of unbranched alkanes of at least 4 members (excludes halogenated alkanes) is 2. The second-order valence-corrected chi connectivity index (χ2v) is 15.9. The second-order valence-electron chi connectivity index (χ2n) is 12.9. The van der Waals surface area contributed by atoms with Crippen LogP contribution in [0.15, 0.2) is 60.8 Å². The monoisotopic (exact) mass is 705 g/mol. The highest BCUT2D eigenvalue weighted by Gasteiger charge is 2.40. The number of carbonyl (C=O) groups excluding carboxylic acids is 3. The number of carboxylic acid groups (broad SMARTS) is 1. The molecular formula is C38H59NO7S2. The fourth-order valence-electron chi connectivity index (χ4n) is 4.71. The third-order valence-electron chi connectivity index (χ3n) is 7.66. The van der Waals surface area contributed by atoms with E-state index in [0.29, 0.717) is 12.8 Å². The number of carbonyl (C=O) groups is 4. The Morgan fingerprint density at radius 1 is 0.833 bits per heavy atom. The Hall–Kier alpha value is -2.72. The molecule has 0 aromatic rings. The van der Waals surface area contributed by atoms with E-state index < -0.39 is 29.4 Å². The van der Waals surface area contributed by atoms with Crippen molar-refractivity contribution in [3.05, 3.63) is 60.8 Å². The largest absolute Gasteiger partial charge is 0.481 e. The van der Waals surface area contributed by atoms with Crippen LogP contribution >= 0.6 is 21.6 Å². The molecule has 0 saturated carbocycles. The fourth-order valence-corrected chi connectivity index (χ4v) is 8.01. The van der Waals surface area contributed by atoms with Gasteiger partial charge in [-0.05, 0) is 71.1 Å². The lowest BCUT2D eigenvalue weighted by Crippen LogP contribution is -2.49. The van der Waals surface area contributed by atoms with Gasteiger partial charge >= 0.3 is 17.9 Å². The molecule has 0 aromatic carbocycles. The number of aliphatic carboxylic acids is 1. The van der Waals surface area contributed by atoms with Crippen molar-refractivity contribution < 1.29 is 33.8 Å². The normalized spacial score (nSPS) is 17.7. The first-order chi connectivity index (χ1) is 23.0. The van der Waals surface area contributed by atoms with Crippen LogP contribution in [0.4, 0.5) is 0 Å². The van der Waals surface area contributed by atoms with E-state index in [9.17, 15) is 19.2 Å². The zero-order valence-corrected chi connectivity index (χ0v) is 31.2. The van der Waals surface area contributed by atoms with Crippen molar-refractivity contribution in [1.82, 2.24) is 5.32 Å². The molecule has 1 unspecified atom stereocenters. The number of esters is 2. The molecule has 2 N–H and O–H groups in total. The zero-order valence-electron chi connectivity index (χ0n) is 29.6. The van der Waals surface area contributed by atoms with E-state index >= 15 is 0 Å². The third kappa shape index (κ3) is 22.0. The molecule has 0 radical (unpaired) electrons. The van der Waals surface area contributed by atoms with Crippen LogP contribution in [0.2, 0.25) is 0 Å². The van der Waals surface area contributed by atoms with Gasteiger partial charge in [-0.3, -0.25) is 19.2 Å². The molecule has 1 aliphatic rings. The molecule has 10 heteroatoms. The number of ether oxygens (including phenoxy) is 2. The quantitative estimate of drug-likeness (QED) is 0.0393. The maximum absolute atomic E-state index is 13.0. The molecular weight excluding hydrogens is 647 g/mol. The van der Waals surface area contributed by atoms with E-state index in [1.54, 1.807) is 13.8 Å². The lowest BCUT2D eigenvalue weighted by atomic mass is 9.86. The molecule has 0 spiro atoms. The fraction of sp³-hybridized carbons (Fsp3) is 0.632. The zero-order chi connectivity index (χ0) is 35.5. The minimum absolute atomic E-state index is 0.0951. The van der Waals surface area contributed by atoms with Crippen LogP contribution in [0, 0.1) is 5.41 Å². The maximum Gasteiger partial charge on any atom is 0.306 e. The number of allylic oxidation sites excluding steroid dienone is 10. The molecule has 0 bridgehead atoms. The van der Waals surface area contributed by atoms with E-state index in [-0.39, 0.29) is 43.1 Å². The van der Waals surface area contributed by atoms with Crippen molar-refractivity contribution in [3.63, 3.8) is 0 Å². The molecule has 48 heavy (non-hydrogen) atoms. The molecule has 270 valence electrons. The summed E-state index contributed by atoms with van der Waals surface area (Å²) in [5, 5.41) is 11.5. The first-order valence-corrected chi connectivity index (χ1v) is 19.7. The summed E-state index contributed by atoms with van der Waals surface area (Å²) in [6, 6.07) is 0. The number of amides is 1. The highest BCUT2D eigenvalue weighted by Crippen LogP contribution is 2.49. The van der Waals surface area contributed by atoms with Crippen molar-refractivity contribution in [2.75, 3.05) is 18.9 Å². The number of rotatable bonds is 26. The Bertz CT molecular complexity index is 1100. The maximum atomic E-state index is 13.0. The topological polar surface area (TPSA) is 119 Å². The lowest BCUT2D eigenvalue weighted by molar-refractivity contribution is -0.169. The van der Waals surface area contributed by atoms with Gasteiger partial charge in [-0.15, -0.1) is 0 Å². The van der Waals surface area contributed by atoms with Crippen molar-refractivity contribution in [1.29, 1.82) is 0 Å². The first-order valence-electron chi connectivity index (χ1n) is 17.4. The Labute approximate surface area is 297 Å². The number of hydrogen-bond donors (Lipinski definition) is 2. The summed E-state index contributed by atoms with van der Waals surface area (Å²) in [5.74, 6) is -1.39. The number of hydrogen-bond acceptors (Lipinski definition) is 8. The molecule has 1 heterocycles. The molecule has 1 amide bonds. The molecule has 0 aromatic heterocycles. The third-order valence-corrected chi connectivity index (χ3v) is 11.0. The minimum atomic E-state index is -1.23. The summed E-state index contributed by atoms with van der Waals surface area (Å²) >= 11 is 0. The van der Waals surface area contributed by atoms with Gasteiger partial charge in [0.1, 0.15) is 6.61 Å². The van der Waals surface area contributed by atoms with Gasteiger partial charge in [-0.1, -0.05) is 110 Å². The summed E-state index contributed by atoms with van der Waals surface area (Å²) in [5.41, 5.74) is -1.02. The van der Waals surface area contributed by atoms with Crippen LogP contribution in [-0.2, 0) is 28.7 Å². The number of nitrogens with one attached hydrogen (secondary N) is 1. The first kappa shape index (κ1) is 43.3. The predicted molar refractivity (Wildman–Crippen MR) is 200 cm³/mol. The van der Waals surface area contributed by atoms with Crippen LogP contribution in [0.1, 0.15) is 118 Å². The van der Waals surface area contributed by atoms with Crippen LogP contribution in [0.25, 0.3) is 0 Å². The Kier molecular flexibility index (Phi) is 23.6. The van der Waals surface area contributed by atoms with Gasteiger partial charge in [-0.2, -0.15) is 0 Å². The lowest BCUT2D eigenvalue weighted by Gasteiger charge is -2.32. The van der Waals surface area contributed by atoms with Gasteiger partial charge in [0.25, 0.3) is 5.91 Å². The van der Waals surface area contributed by atoms with Crippen molar-refractivity contribution in [2.24, 2.45) is 5.41 Å². The molecule has 1 saturated heterocycles. The summed E-state index contributed by atoms with van der Waals surface area (Å²) in [4.78, 5) is 49.1. The molecule has 0 aliphatic carbocycles. The van der Waals surface area contributed by atoms with Gasteiger partial charge in [0.15, 0.2) is 6.10 Å². The predicted octanol–water partition coefficient (Wildman–Crippen LogP) is 9.08. The van der Waals surface area contributed by atoms with Gasteiger partial charge in [-0.25, -0.2) is 0 Å². The van der Waals surface area contributed by atoms with Crippen molar-refractivity contribution in [3.8, 4) is 0 Å². The van der Waals surface area contributed by atoms with Crippen LogP contribution < -0.4 is 5.32 Å². The van der Waals surface area contributed by atoms with Crippen LogP contribution in [0.3, 0.4) is 0 Å². The Morgan fingerprint density at radius 2 is 1.42 bits per heavy atom. The van der Waals surface area contributed by atoms with Gasteiger partial charge in [0.2, 0.25) is 0 Å². The van der Waals surface area contributed by atoms with Gasteiger partial charge in [0, 0.05) is 35.3 Å². The Morgan fingerprint density at radius 3 is 1.98 bits per heavy atom. The van der Waals surface area contributed by atoms with E-state index in [4.69, 9.17) is 14.6 Å². The Balaban J connectivity index is 2.41. The summed E-state index contributed by atoms with van der Waals surface area (Å²) in [7, 11) is 3.79. The molecule has 2 atom stereocenters. The molecule has 1 fully saturated rings. The van der Waals surface area contributed by atoms with E-state index in [1.807, 2.05) is 21.6 Å². The van der Waals surface area contributed by atoms with Gasteiger partial charge < -0.3 is 19.9 Å². The van der Waals surface area contributed by atoms with Crippen molar-refractivity contribution in [2.45, 2.75) is 128 Å². The van der Waals surface area contributed by atoms with E-state index in [2.05, 4.69) is 79.9 Å². The summed E-state index contributed by atoms with van der Waals surface area (Å²) in [6.45, 7) is 7.56. The highest BCUT2D eigenvalue weighted by molar-refractivity contribution is 8.77. The van der Waals surface area contributed by atoms with E-state index in [1.165, 1.54) is 0 Å². The van der Waals surface area contributed by atoms with E-state index in [0.717, 1.165) is 63.5 Å². The molecule has 1 aliphatic heterocycles.